The molecule has 1 aliphatic rings. The first-order valence-corrected chi connectivity index (χ1v) is 3.53. The molecule has 1 aliphatic heterocycles. The van der Waals surface area contributed by atoms with Gasteiger partial charge in [-0.15, -0.1) is 0 Å². The lowest BCUT2D eigenvalue weighted by atomic mass is 10.2. The highest BCUT2D eigenvalue weighted by molar-refractivity contribution is 4.85. The third-order valence-corrected chi connectivity index (χ3v) is 1.74. The lowest BCUT2D eigenvalue weighted by Crippen LogP contribution is -2.58. The van der Waals surface area contributed by atoms with Gasteiger partial charge in [-0.05, 0) is 6.92 Å². The van der Waals surface area contributed by atoms with Crippen LogP contribution in [0.3, 0.4) is 0 Å². The van der Waals surface area contributed by atoms with E-state index in [9.17, 15) is 13.2 Å². The van der Waals surface area contributed by atoms with Crippen molar-refractivity contribution in [3.05, 3.63) is 0 Å². The molecule has 0 unspecified atom stereocenters. The zero-order valence-electron chi connectivity index (χ0n) is 6.20. The van der Waals surface area contributed by atoms with Crippen molar-refractivity contribution in [1.82, 2.24) is 10.6 Å². The number of alkyl halides is 3. The summed E-state index contributed by atoms with van der Waals surface area (Å²) < 4.78 is 35.9. The Morgan fingerprint density at radius 3 is 2.18 bits per heavy atom. The summed E-state index contributed by atoms with van der Waals surface area (Å²) in [6.07, 6.45) is -4.12. The Bertz CT molecular complexity index is 126. The van der Waals surface area contributed by atoms with E-state index in [1.807, 2.05) is 6.92 Å². The molecule has 0 bridgehead atoms. The maximum absolute atomic E-state index is 12.0. The molecule has 0 spiro atoms. The van der Waals surface area contributed by atoms with E-state index in [1.54, 1.807) is 0 Å². The summed E-state index contributed by atoms with van der Waals surface area (Å²) >= 11 is 0. The quantitative estimate of drug-likeness (QED) is 0.550. The Hall–Kier alpha value is -0.290. The monoisotopic (exact) mass is 168 g/mol. The fraction of sp³-hybridized carbons (Fsp3) is 1.00. The third kappa shape index (κ3) is 2.34. The summed E-state index contributed by atoms with van der Waals surface area (Å²) in [5.41, 5.74) is 0. The molecule has 0 saturated carbocycles. The first kappa shape index (κ1) is 8.80. The van der Waals surface area contributed by atoms with Gasteiger partial charge in [0.05, 0.1) is 0 Å². The zero-order chi connectivity index (χ0) is 8.48. The molecule has 1 saturated heterocycles. The van der Waals surface area contributed by atoms with E-state index in [-0.39, 0.29) is 12.6 Å². The van der Waals surface area contributed by atoms with Gasteiger partial charge in [-0.25, -0.2) is 0 Å². The van der Waals surface area contributed by atoms with Gasteiger partial charge >= 0.3 is 6.18 Å². The second-order valence-electron chi connectivity index (χ2n) is 2.81. The minimum absolute atomic E-state index is 0.0231. The highest BCUT2D eigenvalue weighted by atomic mass is 19.4. The summed E-state index contributed by atoms with van der Waals surface area (Å²) in [5, 5.41) is 5.18. The van der Waals surface area contributed by atoms with Crippen molar-refractivity contribution in [2.24, 2.45) is 0 Å². The molecule has 2 nitrogen and oxygen atoms in total. The molecule has 1 fully saturated rings. The maximum Gasteiger partial charge on any atom is 0.405 e. The Morgan fingerprint density at radius 1 is 1.18 bits per heavy atom. The molecule has 0 aliphatic carbocycles. The number of nitrogens with one attached hydrogen (secondary N) is 2. The van der Waals surface area contributed by atoms with Crippen molar-refractivity contribution in [2.75, 3.05) is 13.1 Å². The third-order valence-electron chi connectivity index (χ3n) is 1.74. The molecule has 0 aromatic heterocycles. The van der Waals surface area contributed by atoms with Crippen LogP contribution >= 0.6 is 0 Å². The Balaban J connectivity index is 2.39. The summed E-state index contributed by atoms with van der Waals surface area (Å²) in [4.78, 5) is 0. The second kappa shape index (κ2) is 2.98. The van der Waals surface area contributed by atoms with Crippen LogP contribution in [0.2, 0.25) is 0 Å². The topological polar surface area (TPSA) is 24.1 Å². The number of hydrogen-bond donors (Lipinski definition) is 2. The van der Waals surface area contributed by atoms with E-state index in [1.165, 1.54) is 0 Å². The van der Waals surface area contributed by atoms with E-state index in [0.717, 1.165) is 0 Å². The van der Waals surface area contributed by atoms with Gasteiger partial charge in [-0.1, -0.05) is 0 Å². The van der Waals surface area contributed by atoms with Crippen molar-refractivity contribution < 1.29 is 13.2 Å². The van der Waals surface area contributed by atoms with E-state index in [0.29, 0.717) is 6.54 Å². The van der Waals surface area contributed by atoms with Crippen LogP contribution in [0.4, 0.5) is 13.2 Å². The number of halogens is 3. The predicted molar refractivity (Wildman–Crippen MR) is 35.3 cm³/mol. The zero-order valence-corrected chi connectivity index (χ0v) is 6.20. The molecule has 2 atom stereocenters. The van der Waals surface area contributed by atoms with Gasteiger partial charge < -0.3 is 10.6 Å². The van der Waals surface area contributed by atoms with Gasteiger partial charge in [0.15, 0.2) is 0 Å². The summed E-state index contributed by atoms with van der Waals surface area (Å²) in [6.45, 7) is 2.20. The maximum atomic E-state index is 12.0. The molecular formula is C6H11F3N2. The number of piperazine rings is 1. The van der Waals surface area contributed by atoms with Gasteiger partial charge in [-0.2, -0.15) is 13.2 Å². The van der Waals surface area contributed by atoms with E-state index in [4.69, 9.17) is 0 Å². The van der Waals surface area contributed by atoms with Gasteiger partial charge in [-0.3, -0.25) is 0 Å². The van der Waals surface area contributed by atoms with Crippen LogP contribution in [0.25, 0.3) is 0 Å². The average Bonchev–Trinajstić information content (AvgIpc) is 1.86. The second-order valence-corrected chi connectivity index (χ2v) is 2.81. The molecule has 2 N–H and O–H groups in total. The smallest absolute Gasteiger partial charge is 0.311 e. The average molecular weight is 168 g/mol. The van der Waals surface area contributed by atoms with Gasteiger partial charge in [0, 0.05) is 19.1 Å². The summed E-state index contributed by atoms with van der Waals surface area (Å²) in [5.74, 6) is 0. The fourth-order valence-corrected chi connectivity index (χ4v) is 1.01. The molecular weight excluding hydrogens is 157 g/mol. The SMILES string of the molecule is C[C@H]1CN[C@@H](C(F)(F)F)CN1. The first-order valence-electron chi connectivity index (χ1n) is 3.53. The number of rotatable bonds is 0. The minimum Gasteiger partial charge on any atom is -0.311 e. The van der Waals surface area contributed by atoms with Crippen molar-refractivity contribution in [1.29, 1.82) is 0 Å². The van der Waals surface area contributed by atoms with Crippen molar-refractivity contribution >= 4 is 0 Å². The molecule has 0 amide bonds. The van der Waals surface area contributed by atoms with Crippen LogP contribution in [0.1, 0.15) is 6.92 Å². The van der Waals surface area contributed by atoms with Crippen molar-refractivity contribution in [2.45, 2.75) is 25.2 Å². The van der Waals surface area contributed by atoms with Gasteiger partial charge in [0.1, 0.15) is 6.04 Å². The van der Waals surface area contributed by atoms with Gasteiger partial charge in [0.25, 0.3) is 0 Å². The Morgan fingerprint density at radius 2 is 1.82 bits per heavy atom. The van der Waals surface area contributed by atoms with Crippen molar-refractivity contribution in [3.63, 3.8) is 0 Å². The molecule has 66 valence electrons. The van der Waals surface area contributed by atoms with E-state index in [2.05, 4.69) is 10.6 Å². The van der Waals surface area contributed by atoms with Gasteiger partial charge in [0.2, 0.25) is 0 Å². The van der Waals surface area contributed by atoms with Crippen LogP contribution in [0.5, 0.6) is 0 Å². The minimum atomic E-state index is -4.12. The molecule has 1 rings (SSSR count). The standard InChI is InChI=1S/C6H11F3N2/c1-4-2-11-5(3-10-4)6(7,8)9/h4-5,10-11H,2-3H2,1H3/t4-,5+/m0/s1. The van der Waals surface area contributed by atoms with Crippen LogP contribution in [0.15, 0.2) is 0 Å². The van der Waals surface area contributed by atoms with Crippen LogP contribution in [-0.4, -0.2) is 31.3 Å². The number of hydrogen-bond acceptors (Lipinski definition) is 2. The first-order chi connectivity index (χ1) is 5.00. The molecule has 5 heteroatoms. The van der Waals surface area contributed by atoms with Crippen LogP contribution in [0, 0.1) is 0 Å². The van der Waals surface area contributed by atoms with Crippen LogP contribution < -0.4 is 10.6 Å². The highest BCUT2D eigenvalue weighted by Crippen LogP contribution is 2.20. The van der Waals surface area contributed by atoms with Crippen molar-refractivity contribution in [3.8, 4) is 0 Å². The normalized spacial score (nSPS) is 33.8. The van der Waals surface area contributed by atoms with Crippen LogP contribution in [-0.2, 0) is 0 Å². The van der Waals surface area contributed by atoms with E-state index < -0.39 is 12.2 Å². The molecule has 0 radical (unpaired) electrons. The predicted octanol–water partition coefficient (Wildman–Crippen LogP) is 0.499. The largest absolute Gasteiger partial charge is 0.405 e. The Labute approximate surface area is 63.2 Å². The highest BCUT2D eigenvalue weighted by Gasteiger charge is 2.40. The van der Waals surface area contributed by atoms with E-state index >= 15 is 0 Å². The molecule has 11 heavy (non-hydrogen) atoms. The molecule has 1 heterocycles. The fourth-order valence-electron chi connectivity index (χ4n) is 1.01. The summed E-state index contributed by atoms with van der Waals surface area (Å²) in [7, 11) is 0. The Kier molecular flexibility index (Phi) is 2.39. The lowest BCUT2D eigenvalue weighted by molar-refractivity contribution is -0.158. The molecule has 0 aromatic rings. The summed E-state index contributed by atoms with van der Waals surface area (Å²) in [6, 6.07) is -1.24. The molecule has 0 aromatic carbocycles. The lowest BCUT2D eigenvalue weighted by Gasteiger charge is -2.30.